The van der Waals surface area contributed by atoms with Crippen molar-refractivity contribution in [2.75, 3.05) is 6.54 Å². The first-order chi connectivity index (χ1) is 9.60. The average molecular weight is 296 g/mol. The van der Waals surface area contributed by atoms with Crippen LogP contribution in [0.2, 0.25) is 0 Å². The van der Waals surface area contributed by atoms with Gasteiger partial charge >= 0.3 is 0 Å². The maximum absolute atomic E-state index is 13.6. The van der Waals surface area contributed by atoms with Gasteiger partial charge in [-0.2, -0.15) is 0 Å². The SMILES string of the molecule is CCCNC(C)c1cnc(Cc2ccc(F)cc2F)s1. The van der Waals surface area contributed by atoms with E-state index in [9.17, 15) is 8.78 Å². The van der Waals surface area contributed by atoms with E-state index in [2.05, 4.69) is 24.1 Å². The lowest BCUT2D eigenvalue weighted by atomic mass is 10.1. The van der Waals surface area contributed by atoms with Crippen LogP contribution in [0.15, 0.2) is 24.4 Å². The third kappa shape index (κ3) is 3.84. The number of aromatic nitrogens is 1. The van der Waals surface area contributed by atoms with E-state index in [4.69, 9.17) is 0 Å². The normalized spacial score (nSPS) is 12.6. The molecule has 0 aliphatic rings. The first-order valence-corrected chi connectivity index (χ1v) is 7.53. The van der Waals surface area contributed by atoms with Gasteiger partial charge in [-0.1, -0.05) is 13.0 Å². The fourth-order valence-corrected chi connectivity index (χ4v) is 2.87. The first kappa shape index (κ1) is 15.1. The van der Waals surface area contributed by atoms with Crippen LogP contribution in [0.25, 0.3) is 0 Å². The number of hydrogen-bond donors (Lipinski definition) is 1. The van der Waals surface area contributed by atoms with E-state index in [1.807, 2.05) is 6.20 Å². The Bertz CT molecular complexity index is 569. The van der Waals surface area contributed by atoms with Crippen molar-refractivity contribution in [2.45, 2.75) is 32.7 Å². The van der Waals surface area contributed by atoms with Crippen LogP contribution >= 0.6 is 11.3 Å². The number of nitrogens with zero attached hydrogens (tertiary/aromatic N) is 1. The molecule has 0 bridgehead atoms. The second-order valence-electron chi connectivity index (χ2n) is 4.74. The molecule has 1 heterocycles. The van der Waals surface area contributed by atoms with Gasteiger partial charge in [0.1, 0.15) is 11.6 Å². The molecule has 1 N–H and O–H groups in total. The van der Waals surface area contributed by atoms with E-state index < -0.39 is 11.6 Å². The Morgan fingerprint density at radius 2 is 2.15 bits per heavy atom. The van der Waals surface area contributed by atoms with Gasteiger partial charge in [0.25, 0.3) is 0 Å². The summed E-state index contributed by atoms with van der Waals surface area (Å²) in [5.41, 5.74) is 0.474. The lowest BCUT2D eigenvalue weighted by Gasteiger charge is -2.09. The highest BCUT2D eigenvalue weighted by Gasteiger charge is 2.11. The molecule has 108 valence electrons. The summed E-state index contributed by atoms with van der Waals surface area (Å²) in [4.78, 5) is 5.46. The lowest BCUT2D eigenvalue weighted by Crippen LogP contribution is -2.18. The molecule has 1 atom stereocenters. The fourth-order valence-electron chi connectivity index (χ4n) is 1.90. The second-order valence-corrected chi connectivity index (χ2v) is 5.89. The zero-order chi connectivity index (χ0) is 14.5. The number of benzene rings is 1. The van der Waals surface area contributed by atoms with Crippen LogP contribution in [-0.4, -0.2) is 11.5 Å². The lowest BCUT2D eigenvalue weighted by molar-refractivity contribution is 0.574. The minimum atomic E-state index is -0.552. The third-order valence-electron chi connectivity index (χ3n) is 3.06. The van der Waals surface area contributed by atoms with Gasteiger partial charge in [0.15, 0.2) is 0 Å². The van der Waals surface area contributed by atoms with Crippen molar-refractivity contribution in [1.82, 2.24) is 10.3 Å². The minimum Gasteiger partial charge on any atom is -0.309 e. The van der Waals surface area contributed by atoms with E-state index in [-0.39, 0.29) is 6.04 Å². The van der Waals surface area contributed by atoms with Gasteiger partial charge < -0.3 is 5.32 Å². The number of nitrogens with one attached hydrogen (secondary N) is 1. The predicted octanol–water partition coefficient (Wildman–Crippen LogP) is 4.07. The molecular formula is C15H18F2N2S. The van der Waals surface area contributed by atoms with E-state index in [1.54, 1.807) is 11.3 Å². The summed E-state index contributed by atoms with van der Waals surface area (Å²) in [6.07, 6.45) is 3.31. The summed E-state index contributed by atoms with van der Waals surface area (Å²) in [5.74, 6) is -1.07. The molecule has 2 rings (SSSR count). The summed E-state index contributed by atoms with van der Waals surface area (Å²) in [5, 5.41) is 4.23. The first-order valence-electron chi connectivity index (χ1n) is 6.72. The molecule has 5 heteroatoms. The topological polar surface area (TPSA) is 24.9 Å². The highest BCUT2D eigenvalue weighted by atomic mass is 32.1. The van der Waals surface area contributed by atoms with E-state index in [1.165, 1.54) is 12.1 Å². The van der Waals surface area contributed by atoms with Crippen molar-refractivity contribution in [2.24, 2.45) is 0 Å². The maximum Gasteiger partial charge on any atom is 0.129 e. The molecule has 0 saturated heterocycles. The largest absolute Gasteiger partial charge is 0.309 e. The molecule has 0 fully saturated rings. The molecule has 20 heavy (non-hydrogen) atoms. The molecule has 0 radical (unpaired) electrons. The van der Waals surface area contributed by atoms with Crippen LogP contribution in [0.3, 0.4) is 0 Å². The summed E-state index contributed by atoms with van der Waals surface area (Å²) in [6, 6.07) is 3.91. The highest BCUT2D eigenvalue weighted by molar-refractivity contribution is 7.11. The molecule has 2 aromatic rings. The monoisotopic (exact) mass is 296 g/mol. The maximum atomic E-state index is 13.6. The van der Waals surface area contributed by atoms with Gasteiger partial charge in [-0.15, -0.1) is 11.3 Å². The third-order valence-corrected chi connectivity index (χ3v) is 4.24. The molecule has 0 spiro atoms. The Morgan fingerprint density at radius 1 is 1.35 bits per heavy atom. The van der Waals surface area contributed by atoms with Crippen LogP contribution in [-0.2, 0) is 6.42 Å². The molecule has 0 saturated carbocycles. The summed E-state index contributed by atoms with van der Waals surface area (Å²) in [7, 11) is 0. The molecule has 0 aliphatic carbocycles. The minimum absolute atomic E-state index is 0.249. The predicted molar refractivity (Wildman–Crippen MR) is 78.0 cm³/mol. The van der Waals surface area contributed by atoms with Gasteiger partial charge in [0.2, 0.25) is 0 Å². The molecule has 2 nitrogen and oxygen atoms in total. The fraction of sp³-hybridized carbons (Fsp3) is 0.400. The number of halogens is 2. The van der Waals surface area contributed by atoms with Gasteiger partial charge in [0, 0.05) is 29.6 Å². The van der Waals surface area contributed by atoms with Crippen molar-refractivity contribution in [3.8, 4) is 0 Å². The molecule has 1 aromatic carbocycles. The van der Waals surface area contributed by atoms with Gasteiger partial charge in [0.05, 0.1) is 5.01 Å². The van der Waals surface area contributed by atoms with Crippen molar-refractivity contribution in [3.05, 3.63) is 51.5 Å². The standard InChI is InChI=1S/C15H18F2N2S/c1-3-6-18-10(2)14-9-19-15(20-14)7-11-4-5-12(16)8-13(11)17/h4-5,8-10,18H,3,6-7H2,1-2H3. The van der Waals surface area contributed by atoms with Crippen molar-refractivity contribution >= 4 is 11.3 Å². The Labute approximate surface area is 121 Å². The van der Waals surface area contributed by atoms with E-state index in [0.29, 0.717) is 12.0 Å². The van der Waals surface area contributed by atoms with Crippen LogP contribution in [0, 0.1) is 11.6 Å². The van der Waals surface area contributed by atoms with Crippen molar-refractivity contribution in [3.63, 3.8) is 0 Å². The van der Waals surface area contributed by atoms with E-state index >= 15 is 0 Å². The van der Waals surface area contributed by atoms with Gasteiger partial charge in [-0.3, -0.25) is 0 Å². The number of hydrogen-bond acceptors (Lipinski definition) is 3. The Kier molecular flexibility index (Phi) is 5.20. The van der Waals surface area contributed by atoms with Crippen LogP contribution in [0.5, 0.6) is 0 Å². The van der Waals surface area contributed by atoms with Gasteiger partial charge in [-0.05, 0) is 31.5 Å². The Balaban J connectivity index is 2.05. The van der Waals surface area contributed by atoms with Crippen LogP contribution in [0.1, 0.15) is 41.8 Å². The zero-order valence-electron chi connectivity index (χ0n) is 11.6. The highest BCUT2D eigenvalue weighted by Crippen LogP contribution is 2.23. The summed E-state index contributed by atoms with van der Waals surface area (Å²) >= 11 is 1.57. The second kappa shape index (κ2) is 6.90. The molecule has 1 aromatic heterocycles. The Hall–Kier alpha value is -1.33. The Morgan fingerprint density at radius 3 is 2.85 bits per heavy atom. The van der Waals surface area contributed by atoms with E-state index in [0.717, 1.165) is 28.9 Å². The van der Waals surface area contributed by atoms with Crippen molar-refractivity contribution in [1.29, 1.82) is 0 Å². The molecule has 0 aliphatic heterocycles. The average Bonchev–Trinajstić information content (AvgIpc) is 2.88. The quantitative estimate of drug-likeness (QED) is 0.869. The number of thiazole rings is 1. The molecular weight excluding hydrogens is 278 g/mol. The van der Waals surface area contributed by atoms with Crippen LogP contribution in [0.4, 0.5) is 8.78 Å². The number of rotatable bonds is 6. The van der Waals surface area contributed by atoms with Gasteiger partial charge in [-0.25, -0.2) is 13.8 Å². The van der Waals surface area contributed by atoms with Crippen molar-refractivity contribution < 1.29 is 8.78 Å². The summed E-state index contributed by atoms with van der Waals surface area (Å²) < 4.78 is 26.4. The molecule has 1 unspecified atom stereocenters. The summed E-state index contributed by atoms with van der Waals surface area (Å²) in [6.45, 7) is 5.17. The molecule has 0 amide bonds. The van der Waals surface area contributed by atoms with Crippen LogP contribution < -0.4 is 5.32 Å². The zero-order valence-corrected chi connectivity index (χ0v) is 12.4. The smallest absolute Gasteiger partial charge is 0.129 e.